The van der Waals surface area contributed by atoms with Crippen molar-refractivity contribution in [1.82, 2.24) is 15.0 Å². The van der Waals surface area contributed by atoms with Gasteiger partial charge in [0.15, 0.2) is 0 Å². The molecule has 0 bridgehead atoms. The van der Waals surface area contributed by atoms with Crippen molar-refractivity contribution in [3.05, 3.63) is 47.9 Å². The maximum Gasteiger partial charge on any atom is 0.138 e. The molecule has 0 radical (unpaired) electrons. The van der Waals surface area contributed by atoms with Crippen LogP contribution in [0.15, 0.2) is 42.3 Å². The standard InChI is InChI=1S/C13H12N4S/c1-9(10-2-5-14-6-3-10)17-12-11-4-7-18-13(11)16-8-15-12/h2-9H,1H3,(H,15,16,17). The highest BCUT2D eigenvalue weighted by Gasteiger charge is 2.09. The maximum atomic E-state index is 4.31. The molecule has 3 rings (SSSR count). The zero-order chi connectivity index (χ0) is 12.4. The van der Waals surface area contributed by atoms with Crippen molar-refractivity contribution in [2.24, 2.45) is 0 Å². The summed E-state index contributed by atoms with van der Waals surface area (Å²) in [5, 5.41) is 6.52. The summed E-state index contributed by atoms with van der Waals surface area (Å²) in [6.07, 6.45) is 5.20. The summed E-state index contributed by atoms with van der Waals surface area (Å²) >= 11 is 1.62. The zero-order valence-electron chi connectivity index (χ0n) is 9.87. The van der Waals surface area contributed by atoms with Gasteiger partial charge in [0.25, 0.3) is 0 Å². The molecule has 3 aromatic heterocycles. The zero-order valence-corrected chi connectivity index (χ0v) is 10.7. The van der Waals surface area contributed by atoms with Gasteiger partial charge in [0.05, 0.1) is 11.4 Å². The molecule has 90 valence electrons. The fourth-order valence-electron chi connectivity index (χ4n) is 1.85. The summed E-state index contributed by atoms with van der Waals surface area (Å²) in [5.41, 5.74) is 1.19. The lowest BCUT2D eigenvalue weighted by molar-refractivity contribution is 0.872. The molecule has 3 heterocycles. The third kappa shape index (κ3) is 2.04. The van der Waals surface area contributed by atoms with Crippen LogP contribution in [0.1, 0.15) is 18.5 Å². The molecule has 0 fully saturated rings. The van der Waals surface area contributed by atoms with E-state index in [1.165, 1.54) is 5.56 Å². The van der Waals surface area contributed by atoms with E-state index < -0.39 is 0 Å². The molecule has 0 spiro atoms. The molecule has 1 atom stereocenters. The average Bonchev–Trinajstić information content (AvgIpc) is 2.89. The van der Waals surface area contributed by atoms with Crippen LogP contribution >= 0.6 is 11.3 Å². The van der Waals surface area contributed by atoms with Crippen LogP contribution in [-0.2, 0) is 0 Å². The molecule has 4 nitrogen and oxygen atoms in total. The van der Waals surface area contributed by atoms with Crippen LogP contribution in [0.3, 0.4) is 0 Å². The van der Waals surface area contributed by atoms with Gasteiger partial charge in [-0.05, 0) is 36.1 Å². The second-order valence-corrected chi connectivity index (χ2v) is 4.90. The second-order valence-electron chi connectivity index (χ2n) is 4.01. The predicted molar refractivity (Wildman–Crippen MR) is 73.7 cm³/mol. The SMILES string of the molecule is CC(Nc1ncnc2sccc12)c1ccncc1. The van der Waals surface area contributed by atoms with E-state index >= 15 is 0 Å². The van der Waals surface area contributed by atoms with E-state index in [0.29, 0.717) is 0 Å². The third-order valence-corrected chi connectivity index (χ3v) is 3.64. The minimum absolute atomic E-state index is 0.186. The van der Waals surface area contributed by atoms with Crippen molar-refractivity contribution in [1.29, 1.82) is 0 Å². The largest absolute Gasteiger partial charge is 0.363 e. The number of nitrogens with one attached hydrogen (secondary N) is 1. The van der Waals surface area contributed by atoms with Crippen molar-refractivity contribution < 1.29 is 0 Å². The molecule has 0 amide bonds. The summed E-state index contributed by atoms with van der Waals surface area (Å²) in [6.45, 7) is 2.11. The van der Waals surface area contributed by atoms with Gasteiger partial charge in [-0.2, -0.15) is 0 Å². The molecule has 3 aromatic rings. The highest BCUT2D eigenvalue weighted by atomic mass is 32.1. The smallest absolute Gasteiger partial charge is 0.138 e. The molecular weight excluding hydrogens is 244 g/mol. The van der Waals surface area contributed by atoms with E-state index in [4.69, 9.17) is 0 Å². The van der Waals surface area contributed by atoms with Gasteiger partial charge in [-0.15, -0.1) is 11.3 Å². The van der Waals surface area contributed by atoms with Crippen molar-refractivity contribution >= 4 is 27.4 Å². The maximum absolute atomic E-state index is 4.31. The summed E-state index contributed by atoms with van der Waals surface area (Å²) in [6, 6.07) is 6.24. The van der Waals surface area contributed by atoms with E-state index in [0.717, 1.165) is 16.0 Å². The number of thiophene rings is 1. The van der Waals surface area contributed by atoms with Gasteiger partial charge in [0.1, 0.15) is 17.0 Å². The Hall–Kier alpha value is -2.01. The van der Waals surface area contributed by atoms with E-state index in [1.807, 2.05) is 23.6 Å². The lowest BCUT2D eigenvalue weighted by Crippen LogP contribution is -2.08. The fourth-order valence-corrected chi connectivity index (χ4v) is 2.58. The lowest BCUT2D eigenvalue weighted by atomic mass is 10.1. The van der Waals surface area contributed by atoms with Crippen LogP contribution in [0, 0.1) is 0 Å². The van der Waals surface area contributed by atoms with Gasteiger partial charge in [0, 0.05) is 12.4 Å². The van der Waals surface area contributed by atoms with E-state index in [1.54, 1.807) is 30.1 Å². The van der Waals surface area contributed by atoms with Gasteiger partial charge in [-0.3, -0.25) is 4.98 Å². The van der Waals surface area contributed by atoms with Gasteiger partial charge in [-0.25, -0.2) is 9.97 Å². The normalized spacial score (nSPS) is 12.5. The van der Waals surface area contributed by atoms with E-state index in [9.17, 15) is 0 Å². The van der Waals surface area contributed by atoms with Crippen LogP contribution < -0.4 is 5.32 Å². The number of anilines is 1. The number of pyridine rings is 1. The first-order chi connectivity index (χ1) is 8.84. The van der Waals surface area contributed by atoms with E-state index in [2.05, 4.69) is 27.2 Å². The minimum atomic E-state index is 0.186. The number of rotatable bonds is 3. The van der Waals surface area contributed by atoms with Gasteiger partial charge < -0.3 is 5.32 Å². The molecule has 1 unspecified atom stereocenters. The number of fused-ring (bicyclic) bond motifs is 1. The van der Waals surface area contributed by atoms with Crippen molar-refractivity contribution in [2.75, 3.05) is 5.32 Å². The Morgan fingerprint density at radius 3 is 2.83 bits per heavy atom. The Balaban J connectivity index is 1.91. The number of hydrogen-bond acceptors (Lipinski definition) is 5. The van der Waals surface area contributed by atoms with Crippen molar-refractivity contribution in [2.45, 2.75) is 13.0 Å². The van der Waals surface area contributed by atoms with Crippen molar-refractivity contribution in [3.63, 3.8) is 0 Å². The van der Waals surface area contributed by atoms with Crippen LogP contribution in [-0.4, -0.2) is 15.0 Å². The predicted octanol–water partition coefficient (Wildman–Crippen LogP) is 3.26. The summed E-state index contributed by atoms with van der Waals surface area (Å²) < 4.78 is 0. The number of aromatic nitrogens is 3. The third-order valence-electron chi connectivity index (χ3n) is 2.82. The molecule has 0 saturated heterocycles. The first-order valence-corrected chi connectivity index (χ1v) is 6.57. The highest BCUT2D eigenvalue weighted by Crippen LogP contribution is 2.26. The number of hydrogen-bond donors (Lipinski definition) is 1. The molecule has 0 aliphatic heterocycles. The quantitative estimate of drug-likeness (QED) is 0.781. The monoisotopic (exact) mass is 256 g/mol. The molecule has 0 aliphatic carbocycles. The van der Waals surface area contributed by atoms with Crippen molar-refractivity contribution in [3.8, 4) is 0 Å². The van der Waals surface area contributed by atoms with Gasteiger partial charge in [0.2, 0.25) is 0 Å². The van der Waals surface area contributed by atoms with Crippen LogP contribution in [0.25, 0.3) is 10.2 Å². The molecule has 0 aliphatic rings. The first-order valence-electron chi connectivity index (χ1n) is 5.69. The Labute approximate surface area is 109 Å². The van der Waals surface area contributed by atoms with Gasteiger partial charge in [-0.1, -0.05) is 0 Å². The second kappa shape index (κ2) is 4.70. The molecule has 1 N–H and O–H groups in total. The summed E-state index contributed by atoms with van der Waals surface area (Å²) in [5.74, 6) is 0.880. The molecule has 5 heteroatoms. The lowest BCUT2D eigenvalue weighted by Gasteiger charge is -2.14. The van der Waals surface area contributed by atoms with Gasteiger partial charge >= 0.3 is 0 Å². The summed E-state index contributed by atoms with van der Waals surface area (Å²) in [4.78, 5) is 13.6. The fraction of sp³-hybridized carbons (Fsp3) is 0.154. The minimum Gasteiger partial charge on any atom is -0.363 e. The highest BCUT2D eigenvalue weighted by molar-refractivity contribution is 7.16. The van der Waals surface area contributed by atoms with Crippen LogP contribution in [0.2, 0.25) is 0 Å². The first kappa shape index (κ1) is 11.1. The number of nitrogens with zero attached hydrogens (tertiary/aromatic N) is 3. The average molecular weight is 256 g/mol. The molecule has 0 aromatic carbocycles. The molecule has 18 heavy (non-hydrogen) atoms. The summed E-state index contributed by atoms with van der Waals surface area (Å²) in [7, 11) is 0. The molecular formula is C13H12N4S. The Morgan fingerprint density at radius 2 is 2.00 bits per heavy atom. The Morgan fingerprint density at radius 1 is 1.17 bits per heavy atom. The van der Waals surface area contributed by atoms with Crippen LogP contribution in [0.5, 0.6) is 0 Å². The van der Waals surface area contributed by atoms with Crippen LogP contribution in [0.4, 0.5) is 5.82 Å². The Bertz CT molecular complexity index is 650. The topological polar surface area (TPSA) is 50.7 Å². The van der Waals surface area contributed by atoms with E-state index in [-0.39, 0.29) is 6.04 Å². The Kier molecular flexibility index (Phi) is 2.90. The molecule has 0 saturated carbocycles.